The van der Waals surface area contributed by atoms with E-state index in [1.807, 2.05) is 0 Å². The van der Waals surface area contributed by atoms with Gasteiger partial charge in [-0.1, -0.05) is 12.1 Å². The zero-order valence-corrected chi connectivity index (χ0v) is 17.5. The molecule has 3 rings (SSSR count). The minimum atomic E-state index is -1.48. The third kappa shape index (κ3) is 3.38. The second-order valence-corrected chi connectivity index (χ2v) is 8.05. The first kappa shape index (κ1) is 20.5. The number of carboxylic acid groups (broad SMARTS) is 1. The summed E-state index contributed by atoms with van der Waals surface area (Å²) in [6.45, 7) is 6.12. The summed E-state index contributed by atoms with van der Waals surface area (Å²) in [5, 5.41) is 12.6. The fourth-order valence-electron chi connectivity index (χ4n) is 3.18. The molecule has 3 aromatic rings. The maximum atomic E-state index is 13.1. The van der Waals surface area contributed by atoms with Crippen molar-refractivity contribution in [1.82, 2.24) is 9.55 Å². The molecule has 9 heteroatoms. The predicted molar refractivity (Wildman–Crippen MR) is 111 cm³/mol. The Morgan fingerprint density at radius 2 is 1.90 bits per heavy atom. The van der Waals surface area contributed by atoms with Crippen molar-refractivity contribution in [3.8, 4) is 5.75 Å². The number of carbonyl (C=O) groups excluding carboxylic acids is 1. The Bertz CT molecular complexity index is 1190. The van der Waals surface area contributed by atoms with E-state index < -0.39 is 23.0 Å². The molecule has 0 unspecified atom stereocenters. The molecule has 0 fully saturated rings. The molecule has 2 N–H and O–H groups in total. The topological polar surface area (TPSA) is 111 Å². The van der Waals surface area contributed by atoms with Gasteiger partial charge in [0.15, 0.2) is 0 Å². The average molecular weight is 415 g/mol. The Balaban J connectivity index is 2.14. The normalized spacial score (nSPS) is 11.5. The molecule has 2 heterocycles. The summed E-state index contributed by atoms with van der Waals surface area (Å²) < 4.78 is 6.40. The Labute approximate surface area is 170 Å². The Hall–Kier alpha value is -3.20. The number of thiophene rings is 1. The maximum absolute atomic E-state index is 13.1. The summed E-state index contributed by atoms with van der Waals surface area (Å²) in [6.07, 6.45) is 0. The lowest BCUT2D eigenvalue weighted by Gasteiger charge is -2.24. The van der Waals surface area contributed by atoms with Crippen molar-refractivity contribution in [2.24, 2.45) is 0 Å². The van der Waals surface area contributed by atoms with Crippen molar-refractivity contribution in [1.29, 1.82) is 0 Å². The number of rotatable bonds is 5. The van der Waals surface area contributed by atoms with Gasteiger partial charge in [-0.2, -0.15) is 0 Å². The van der Waals surface area contributed by atoms with Crippen molar-refractivity contribution >= 4 is 39.1 Å². The van der Waals surface area contributed by atoms with Gasteiger partial charge in [0.2, 0.25) is 0 Å². The average Bonchev–Trinajstić information content (AvgIpc) is 2.98. The minimum absolute atomic E-state index is 0.250. The molecule has 29 heavy (non-hydrogen) atoms. The zero-order chi connectivity index (χ0) is 21.5. The van der Waals surface area contributed by atoms with E-state index >= 15 is 0 Å². The van der Waals surface area contributed by atoms with Crippen LogP contribution in [0.4, 0.5) is 5.69 Å². The highest BCUT2D eigenvalue weighted by molar-refractivity contribution is 7.20. The standard InChI is InChI=1S/C20H21N3O5S/c1-10-14-17(21-11(2)23(18(14)25)20(3,4)19(26)27)29-15(10)16(24)22-12-8-6-7-9-13(12)28-5/h6-9H,1-5H3,(H,22,24)(H,26,27). The van der Waals surface area contributed by atoms with Gasteiger partial charge in [-0.15, -0.1) is 11.3 Å². The molecular formula is C20H21N3O5S. The van der Waals surface area contributed by atoms with Crippen molar-refractivity contribution in [2.45, 2.75) is 33.2 Å². The summed E-state index contributed by atoms with van der Waals surface area (Å²) in [6, 6.07) is 7.00. The number of aliphatic carboxylic acids is 1. The van der Waals surface area contributed by atoms with Crippen LogP contribution in [0.25, 0.3) is 10.2 Å². The second-order valence-electron chi connectivity index (χ2n) is 7.05. The molecule has 0 aliphatic rings. The smallest absolute Gasteiger partial charge is 0.329 e. The zero-order valence-electron chi connectivity index (χ0n) is 16.7. The number of benzene rings is 1. The third-order valence-corrected chi connectivity index (χ3v) is 5.96. The van der Waals surface area contributed by atoms with Crippen LogP contribution in [0.2, 0.25) is 0 Å². The molecule has 8 nitrogen and oxygen atoms in total. The number of hydrogen-bond acceptors (Lipinski definition) is 6. The van der Waals surface area contributed by atoms with E-state index in [-0.39, 0.29) is 11.2 Å². The first-order valence-corrected chi connectivity index (χ1v) is 9.62. The lowest BCUT2D eigenvalue weighted by Crippen LogP contribution is -2.44. The van der Waals surface area contributed by atoms with Crippen LogP contribution in [-0.4, -0.2) is 33.6 Å². The van der Waals surface area contributed by atoms with Gasteiger partial charge < -0.3 is 15.2 Å². The molecule has 0 atom stereocenters. The van der Waals surface area contributed by atoms with Crippen LogP contribution in [0.15, 0.2) is 29.1 Å². The van der Waals surface area contributed by atoms with E-state index in [1.54, 1.807) is 38.1 Å². The third-order valence-electron chi connectivity index (χ3n) is 4.78. The number of carbonyl (C=O) groups is 2. The fourth-order valence-corrected chi connectivity index (χ4v) is 4.29. The second kappa shape index (κ2) is 7.32. The number of nitrogens with zero attached hydrogens (tertiary/aromatic N) is 2. The van der Waals surface area contributed by atoms with E-state index in [9.17, 15) is 19.5 Å². The Morgan fingerprint density at radius 3 is 2.52 bits per heavy atom. The van der Waals surface area contributed by atoms with Gasteiger partial charge in [0.1, 0.15) is 21.9 Å². The van der Waals surface area contributed by atoms with E-state index in [2.05, 4.69) is 10.3 Å². The molecule has 1 aromatic carbocycles. The molecule has 1 amide bonds. The summed E-state index contributed by atoms with van der Waals surface area (Å²) in [5.41, 5.74) is -0.989. The number of para-hydroxylation sites is 2. The van der Waals surface area contributed by atoms with Crippen LogP contribution in [0.3, 0.4) is 0 Å². The molecule has 0 bridgehead atoms. The molecule has 2 aromatic heterocycles. The monoisotopic (exact) mass is 415 g/mol. The van der Waals surface area contributed by atoms with Gasteiger partial charge in [-0.05, 0) is 45.4 Å². The lowest BCUT2D eigenvalue weighted by molar-refractivity contribution is -0.145. The molecule has 152 valence electrons. The van der Waals surface area contributed by atoms with Crippen LogP contribution >= 0.6 is 11.3 Å². The highest BCUT2D eigenvalue weighted by Gasteiger charge is 2.34. The van der Waals surface area contributed by atoms with E-state index in [0.717, 1.165) is 15.9 Å². The number of ether oxygens (including phenoxy) is 1. The van der Waals surface area contributed by atoms with Gasteiger partial charge in [-0.3, -0.25) is 14.2 Å². The first-order valence-electron chi connectivity index (χ1n) is 8.80. The molecule has 0 saturated heterocycles. The van der Waals surface area contributed by atoms with Gasteiger partial charge in [0.05, 0.1) is 23.1 Å². The van der Waals surface area contributed by atoms with Crippen molar-refractivity contribution in [2.75, 3.05) is 12.4 Å². The van der Waals surface area contributed by atoms with Gasteiger partial charge in [0, 0.05) is 0 Å². The number of amides is 1. The van der Waals surface area contributed by atoms with E-state index in [0.29, 0.717) is 26.7 Å². The SMILES string of the molecule is COc1ccccc1NC(=O)c1sc2nc(C)n(C(C)(C)C(=O)O)c(=O)c2c1C. The number of nitrogens with one attached hydrogen (secondary N) is 1. The number of aryl methyl sites for hydroxylation is 2. The number of anilines is 1. The fraction of sp³-hybridized carbons (Fsp3) is 0.300. The van der Waals surface area contributed by atoms with Crippen molar-refractivity contribution in [3.05, 3.63) is 50.9 Å². The maximum Gasteiger partial charge on any atom is 0.329 e. The molecule has 0 saturated carbocycles. The van der Waals surface area contributed by atoms with Gasteiger partial charge in [-0.25, -0.2) is 9.78 Å². The number of methoxy groups -OCH3 is 1. The Kier molecular flexibility index (Phi) is 5.18. The van der Waals surface area contributed by atoms with Crippen molar-refractivity contribution < 1.29 is 19.4 Å². The van der Waals surface area contributed by atoms with Crippen LogP contribution < -0.4 is 15.6 Å². The van der Waals surface area contributed by atoms with Crippen LogP contribution in [-0.2, 0) is 10.3 Å². The highest BCUT2D eigenvalue weighted by atomic mass is 32.1. The van der Waals surface area contributed by atoms with E-state index in [1.165, 1.54) is 21.0 Å². The quantitative estimate of drug-likeness (QED) is 0.662. The van der Waals surface area contributed by atoms with Crippen LogP contribution in [0.5, 0.6) is 5.75 Å². The van der Waals surface area contributed by atoms with Crippen molar-refractivity contribution in [3.63, 3.8) is 0 Å². The molecular weight excluding hydrogens is 394 g/mol. The van der Waals surface area contributed by atoms with Crippen LogP contribution in [0, 0.1) is 13.8 Å². The summed E-state index contributed by atoms with van der Waals surface area (Å²) >= 11 is 1.10. The molecule has 0 radical (unpaired) electrons. The number of hydrogen-bond donors (Lipinski definition) is 2. The summed E-state index contributed by atoms with van der Waals surface area (Å²) in [5.74, 6) is -0.756. The summed E-state index contributed by atoms with van der Waals surface area (Å²) in [7, 11) is 1.51. The Morgan fingerprint density at radius 1 is 1.24 bits per heavy atom. The number of carboxylic acids is 1. The molecule has 0 aliphatic carbocycles. The van der Waals surface area contributed by atoms with Gasteiger partial charge in [0.25, 0.3) is 11.5 Å². The predicted octanol–water partition coefficient (Wildman–Crippen LogP) is 3.16. The first-order chi connectivity index (χ1) is 13.6. The lowest BCUT2D eigenvalue weighted by atomic mass is 10.0. The number of fused-ring (bicyclic) bond motifs is 1. The minimum Gasteiger partial charge on any atom is -0.495 e. The van der Waals surface area contributed by atoms with Gasteiger partial charge >= 0.3 is 5.97 Å². The molecule has 0 aliphatic heterocycles. The molecule has 0 spiro atoms. The summed E-state index contributed by atoms with van der Waals surface area (Å²) in [4.78, 5) is 42.8. The highest BCUT2D eigenvalue weighted by Crippen LogP contribution is 2.31. The largest absolute Gasteiger partial charge is 0.495 e. The van der Waals surface area contributed by atoms with E-state index in [4.69, 9.17) is 4.74 Å². The number of aromatic nitrogens is 2. The van der Waals surface area contributed by atoms with Crippen LogP contribution in [0.1, 0.15) is 34.9 Å².